The molecular formula is C18H16ClN3O2. The number of carbonyl (C=O) groups is 2. The van der Waals surface area contributed by atoms with E-state index in [1.54, 1.807) is 54.1 Å². The Labute approximate surface area is 144 Å². The number of rotatable bonds is 4. The molecule has 3 aromatic rings. The number of fused-ring (bicyclic) bond motifs is 1. The number of benzene rings is 2. The number of aromatic nitrogens is 1. The molecule has 1 unspecified atom stereocenters. The summed E-state index contributed by atoms with van der Waals surface area (Å²) in [4.78, 5) is 24.4. The van der Waals surface area contributed by atoms with Crippen molar-refractivity contribution in [3.63, 3.8) is 0 Å². The standard InChI is InChI=1S/C18H16ClN3O2/c1-22-14-8-7-13(19)9-12(14)10-15(22)18(24)21-16(17(20)23)11-5-3-2-4-6-11/h2-10,16H,1H3,(H2,20,23)(H,21,24). The molecule has 0 aliphatic heterocycles. The predicted octanol–water partition coefficient (Wildman–Crippen LogP) is 2.79. The van der Waals surface area contributed by atoms with Crippen molar-refractivity contribution < 1.29 is 9.59 Å². The van der Waals surface area contributed by atoms with E-state index in [1.165, 1.54) is 0 Å². The number of nitrogens with two attached hydrogens (primary N) is 1. The summed E-state index contributed by atoms with van der Waals surface area (Å²) in [5.41, 5.74) is 7.39. The first-order valence-electron chi connectivity index (χ1n) is 7.37. The summed E-state index contributed by atoms with van der Waals surface area (Å²) in [6.45, 7) is 0. The van der Waals surface area contributed by atoms with Crippen LogP contribution in [0.15, 0.2) is 54.6 Å². The van der Waals surface area contributed by atoms with E-state index in [0.29, 0.717) is 16.3 Å². The van der Waals surface area contributed by atoms with E-state index in [9.17, 15) is 9.59 Å². The second kappa shape index (κ2) is 6.37. The lowest BCUT2D eigenvalue weighted by atomic mass is 10.1. The van der Waals surface area contributed by atoms with Gasteiger partial charge in [0.25, 0.3) is 5.91 Å². The Kier molecular flexibility index (Phi) is 4.27. The number of carbonyl (C=O) groups excluding carboxylic acids is 2. The summed E-state index contributed by atoms with van der Waals surface area (Å²) in [5.74, 6) is -0.992. The second-order valence-corrected chi connectivity index (χ2v) is 5.95. The summed E-state index contributed by atoms with van der Waals surface area (Å²) in [6.07, 6.45) is 0. The Hall–Kier alpha value is -2.79. The predicted molar refractivity (Wildman–Crippen MR) is 93.8 cm³/mol. The zero-order valence-electron chi connectivity index (χ0n) is 13.0. The first-order chi connectivity index (χ1) is 11.5. The number of amides is 2. The van der Waals surface area contributed by atoms with E-state index in [2.05, 4.69) is 5.32 Å². The van der Waals surface area contributed by atoms with Crippen LogP contribution in [0.1, 0.15) is 22.1 Å². The summed E-state index contributed by atoms with van der Waals surface area (Å²) in [5, 5.41) is 4.15. The van der Waals surface area contributed by atoms with Gasteiger partial charge in [-0.3, -0.25) is 9.59 Å². The number of nitrogens with zero attached hydrogens (tertiary/aromatic N) is 1. The quantitative estimate of drug-likeness (QED) is 0.765. The van der Waals surface area contributed by atoms with Crippen LogP contribution in [0.25, 0.3) is 10.9 Å². The number of nitrogens with one attached hydrogen (secondary N) is 1. The summed E-state index contributed by atoms with van der Waals surface area (Å²) < 4.78 is 1.75. The van der Waals surface area contributed by atoms with Gasteiger partial charge in [-0.2, -0.15) is 0 Å². The molecule has 5 nitrogen and oxygen atoms in total. The molecule has 3 rings (SSSR count). The van der Waals surface area contributed by atoms with Crippen molar-refractivity contribution in [1.29, 1.82) is 0 Å². The lowest BCUT2D eigenvalue weighted by molar-refractivity contribution is -0.120. The number of hydrogen-bond donors (Lipinski definition) is 2. The first-order valence-corrected chi connectivity index (χ1v) is 7.75. The normalized spacial score (nSPS) is 12.1. The lowest BCUT2D eigenvalue weighted by Gasteiger charge is -2.16. The Morgan fingerprint density at radius 2 is 1.83 bits per heavy atom. The number of halogens is 1. The van der Waals surface area contributed by atoms with Crippen molar-refractivity contribution in [2.45, 2.75) is 6.04 Å². The summed E-state index contributed by atoms with van der Waals surface area (Å²) >= 11 is 5.99. The maximum absolute atomic E-state index is 12.6. The molecule has 0 saturated carbocycles. The monoisotopic (exact) mass is 341 g/mol. The van der Waals surface area contributed by atoms with Crippen LogP contribution in [0.2, 0.25) is 5.02 Å². The third kappa shape index (κ3) is 2.98. The topological polar surface area (TPSA) is 77.1 Å². The smallest absolute Gasteiger partial charge is 0.268 e. The van der Waals surface area contributed by atoms with Gasteiger partial charge in [0.1, 0.15) is 11.7 Å². The molecular weight excluding hydrogens is 326 g/mol. The van der Waals surface area contributed by atoms with Crippen molar-refractivity contribution >= 4 is 34.3 Å². The molecule has 0 fully saturated rings. The molecule has 2 aromatic carbocycles. The van der Waals surface area contributed by atoms with Gasteiger partial charge < -0.3 is 15.6 Å². The van der Waals surface area contributed by atoms with Gasteiger partial charge in [0.05, 0.1) is 0 Å². The molecule has 0 bridgehead atoms. The number of primary amides is 1. The molecule has 0 radical (unpaired) electrons. The molecule has 122 valence electrons. The Morgan fingerprint density at radius 1 is 1.12 bits per heavy atom. The first kappa shape index (κ1) is 16.1. The van der Waals surface area contributed by atoms with Gasteiger partial charge in [0, 0.05) is 23.0 Å². The number of aryl methyl sites for hydroxylation is 1. The fraction of sp³-hybridized carbons (Fsp3) is 0.111. The Balaban J connectivity index is 1.94. The second-order valence-electron chi connectivity index (χ2n) is 5.51. The molecule has 6 heteroatoms. The van der Waals surface area contributed by atoms with E-state index in [4.69, 9.17) is 17.3 Å². The zero-order valence-corrected chi connectivity index (χ0v) is 13.7. The minimum Gasteiger partial charge on any atom is -0.368 e. The van der Waals surface area contributed by atoms with Crippen LogP contribution in [-0.2, 0) is 11.8 Å². The highest BCUT2D eigenvalue weighted by Gasteiger charge is 2.22. The van der Waals surface area contributed by atoms with Gasteiger partial charge >= 0.3 is 0 Å². The largest absolute Gasteiger partial charge is 0.368 e. The van der Waals surface area contributed by atoms with Crippen molar-refractivity contribution in [2.75, 3.05) is 0 Å². The average Bonchev–Trinajstić information content (AvgIpc) is 2.89. The van der Waals surface area contributed by atoms with Crippen molar-refractivity contribution in [2.24, 2.45) is 12.8 Å². The molecule has 2 amide bonds. The molecule has 1 aromatic heterocycles. The van der Waals surface area contributed by atoms with Crippen LogP contribution in [0, 0.1) is 0 Å². The van der Waals surface area contributed by atoms with Gasteiger partial charge in [-0.1, -0.05) is 41.9 Å². The Morgan fingerprint density at radius 3 is 2.50 bits per heavy atom. The van der Waals surface area contributed by atoms with E-state index < -0.39 is 11.9 Å². The molecule has 1 heterocycles. The highest BCUT2D eigenvalue weighted by Crippen LogP contribution is 2.23. The van der Waals surface area contributed by atoms with Crippen LogP contribution in [0.4, 0.5) is 0 Å². The van der Waals surface area contributed by atoms with Gasteiger partial charge in [0.15, 0.2) is 0 Å². The maximum Gasteiger partial charge on any atom is 0.268 e. The summed E-state index contributed by atoms with van der Waals surface area (Å²) in [6, 6.07) is 15.1. The van der Waals surface area contributed by atoms with Crippen LogP contribution in [-0.4, -0.2) is 16.4 Å². The van der Waals surface area contributed by atoms with Crippen LogP contribution in [0.5, 0.6) is 0 Å². The van der Waals surface area contributed by atoms with E-state index in [1.807, 2.05) is 12.1 Å². The van der Waals surface area contributed by atoms with Gasteiger partial charge in [-0.05, 0) is 29.8 Å². The van der Waals surface area contributed by atoms with Gasteiger partial charge in [-0.15, -0.1) is 0 Å². The van der Waals surface area contributed by atoms with Crippen molar-refractivity contribution in [3.8, 4) is 0 Å². The minimum atomic E-state index is -0.889. The van der Waals surface area contributed by atoms with Crippen molar-refractivity contribution in [1.82, 2.24) is 9.88 Å². The third-order valence-electron chi connectivity index (χ3n) is 3.93. The van der Waals surface area contributed by atoms with E-state index in [0.717, 1.165) is 10.9 Å². The lowest BCUT2D eigenvalue weighted by Crippen LogP contribution is -2.38. The molecule has 0 aliphatic rings. The maximum atomic E-state index is 12.6. The highest BCUT2D eigenvalue weighted by atomic mass is 35.5. The van der Waals surface area contributed by atoms with E-state index >= 15 is 0 Å². The van der Waals surface area contributed by atoms with E-state index in [-0.39, 0.29) is 5.91 Å². The molecule has 0 aliphatic carbocycles. The van der Waals surface area contributed by atoms with Crippen molar-refractivity contribution in [3.05, 3.63) is 70.9 Å². The van der Waals surface area contributed by atoms with Gasteiger partial charge in [-0.25, -0.2) is 0 Å². The summed E-state index contributed by atoms with van der Waals surface area (Å²) in [7, 11) is 1.78. The molecule has 0 saturated heterocycles. The SMILES string of the molecule is Cn1c(C(=O)NC(C(N)=O)c2ccccc2)cc2cc(Cl)ccc21. The average molecular weight is 342 g/mol. The molecule has 24 heavy (non-hydrogen) atoms. The molecule has 0 spiro atoms. The molecule has 3 N–H and O–H groups in total. The molecule has 1 atom stereocenters. The fourth-order valence-electron chi connectivity index (χ4n) is 2.71. The zero-order chi connectivity index (χ0) is 17.3. The third-order valence-corrected chi connectivity index (χ3v) is 4.17. The van der Waals surface area contributed by atoms with Crippen LogP contribution < -0.4 is 11.1 Å². The Bertz CT molecular complexity index is 919. The highest BCUT2D eigenvalue weighted by molar-refractivity contribution is 6.31. The fourth-order valence-corrected chi connectivity index (χ4v) is 2.89. The van der Waals surface area contributed by atoms with Crippen LogP contribution >= 0.6 is 11.6 Å². The minimum absolute atomic E-state index is 0.377. The number of hydrogen-bond acceptors (Lipinski definition) is 2. The van der Waals surface area contributed by atoms with Gasteiger partial charge in [0.2, 0.25) is 5.91 Å². The van der Waals surface area contributed by atoms with Crippen LogP contribution in [0.3, 0.4) is 0 Å².